The topological polar surface area (TPSA) is 32.3 Å². The lowest BCUT2D eigenvalue weighted by Crippen LogP contribution is -2.38. The molecule has 0 fully saturated rings. The minimum absolute atomic E-state index is 0.475. The van der Waals surface area contributed by atoms with E-state index in [2.05, 4.69) is 11.9 Å². The van der Waals surface area contributed by atoms with Gasteiger partial charge in [-0.3, -0.25) is 5.32 Å². The molecule has 0 aromatic carbocycles. The molecule has 0 spiro atoms. The summed E-state index contributed by atoms with van der Waals surface area (Å²) in [4.78, 5) is 0. The lowest BCUT2D eigenvalue weighted by atomic mass is 10.4. The van der Waals surface area contributed by atoms with Crippen molar-refractivity contribution in [1.29, 1.82) is 0 Å². The van der Waals surface area contributed by atoms with Crippen LogP contribution in [0.3, 0.4) is 0 Å². The third kappa shape index (κ3) is 4.45. The zero-order chi connectivity index (χ0) is 7.33. The van der Waals surface area contributed by atoms with Gasteiger partial charge in [-0.05, 0) is 0 Å². The van der Waals surface area contributed by atoms with Gasteiger partial charge < -0.3 is 5.11 Å². The fourth-order valence-corrected chi connectivity index (χ4v) is 0.431. The number of nitrogens with one attached hydrogen (secondary N) is 1. The Hall–Kier alpha value is -0.0500. The summed E-state index contributed by atoms with van der Waals surface area (Å²) in [6.45, 7) is 5.78. The quantitative estimate of drug-likeness (QED) is 0.271. The second kappa shape index (κ2) is 3.88. The highest BCUT2D eigenvalue weighted by molar-refractivity contribution is 6.22. The number of alkyl halides is 1. The van der Waals surface area contributed by atoms with Crippen LogP contribution >= 0.6 is 11.6 Å². The number of hydrogen-bond acceptors (Lipinski definition) is 2. The molecule has 54 valence electrons. The van der Waals surface area contributed by atoms with E-state index in [0.717, 1.165) is 0 Å². The molecular formula is C6H12ClNO. The minimum atomic E-state index is -1.26. The third-order valence-electron chi connectivity index (χ3n) is 0.986. The molecule has 0 aromatic heterocycles. The fraction of sp³-hybridized carbons (Fsp3) is 0.667. The first-order valence-corrected chi connectivity index (χ1v) is 3.27. The van der Waals surface area contributed by atoms with Gasteiger partial charge in [0, 0.05) is 13.0 Å². The molecule has 0 aliphatic rings. The summed E-state index contributed by atoms with van der Waals surface area (Å²) in [5.74, 6) is 0. The van der Waals surface area contributed by atoms with Gasteiger partial charge in [0.25, 0.3) is 0 Å². The molecule has 0 heterocycles. The van der Waals surface area contributed by atoms with Gasteiger partial charge in [0.05, 0.1) is 0 Å². The first kappa shape index (κ1) is 8.95. The lowest BCUT2D eigenvalue weighted by Gasteiger charge is -2.18. The van der Waals surface area contributed by atoms with Crippen LogP contribution in [-0.4, -0.2) is 16.8 Å². The number of aliphatic hydroxyl groups is 1. The van der Waals surface area contributed by atoms with Crippen molar-refractivity contribution in [2.75, 3.05) is 6.54 Å². The van der Waals surface area contributed by atoms with E-state index in [-0.39, 0.29) is 0 Å². The van der Waals surface area contributed by atoms with Gasteiger partial charge in [-0.2, -0.15) is 0 Å². The van der Waals surface area contributed by atoms with Gasteiger partial charge >= 0.3 is 0 Å². The summed E-state index contributed by atoms with van der Waals surface area (Å²) in [6, 6.07) is 0. The van der Waals surface area contributed by atoms with Crippen molar-refractivity contribution in [3.63, 3.8) is 0 Å². The molecule has 1 unspecified atom stereocenters. The highest BCUT2D eigenvalue weighted by Crippen LogP contribution is 2.09. The Bertz CT molecular complexity index is 93.1. The van der Waals surface area contributed by atoms with E-state index < -0.39 is 5.18 Å². The van der Waals surface area contributed by atoms with Gasteiger partial charge in [-0.1, -0.05) is 24.6 Å². The van der Waals surface area contributed by atoms with Crippen LogP contribution in [0.4, 0.5) is 0 Å². The SMILES string of the molecule is C=CCNC(O)(Cl)CC. The minimum Gasteiger partial charge on any atom is -0.363 e. The third-order valence-corrected chi connectivity index (χ3v) is 1.39. The van der Waals surface area contributed by atoms with Crippen LogP contribution in [0.5, 0.6) is 0 Å². The summed E-state index contributed by atoms with van der Waals surface area (Å²) in [6.07, 6.45) is 2.12. The molecule has 0 bridgehead atoms. The van der Waals surface area contributed by atoms with Crippen molar-refractivity contribution in [3.8, 4) is 0 Å². The van der Waals surface area contributed by atoms with Crippen LogP contribution in [0, 0.1) is 0 Å². The Labute approximate surface area is 60.5 Å². The van der Waals surface area contributed by atoms with Crippen molar-refractivity contribution in [3.05, 3.63) is 12.7 Å². The van der Waals surface area contributed by atoms with Crippen molar-refractivity contribution in [1.82, 2.24) is 5.32 Å². The van der Waals surface area contributed by atoms with Crippen LogP contribution < -0.4 is 5.32 Å². The standard InChI is InChI=1S/C6H12ClNO/c1-3-5-8-6(7,9)4-2/h3,8-9H,1,4-5H2,2H3. The van der Waals surface area contributed by atoms with Crippen molar-refractivity contribution in [2.45, 2.75) is 18.5 Å². The van der Waals surface area contributed by atoms with E-state index in [1.807, 2.05) is 0 Å². The van der Waals surface area contributed by atoms with Gasteiger partial charge in [-0.15, -0.1) is 6.58 Å². The molecule has 0 aromatic rings. The maximum atomic E-state index is 9.06. The molecule has 0 rings (SSSR count). The van der Waals surface area contributed by atoms with Gasteiger partial charge in [-0.25, -0.2) is 0 Å². The Morgan fingerprint density at radius 3 is 2.78 bits per heavy atom. The zero-order valence-corrected chi connectivity index (χ0v) is 6.28. The average molecular weight is 150 g/mol. The molecular weight excluding hydrogens is 138 g/mol. The number of rotatable bonds is 4. The largest absolute Gasteiger partial charge is 0.363 e. The van der Waals surface area contributed by atoms with Gasteiger partial charge in [0.2, 0.25) is 0 Å². The van der Waals surface area contributed by atoms with E-state index in [1.165, 1.54) is 0 Å². The van der Waals surface area contributed by atoms with Crippen LogP contribution in [-0.2, 0) is 0 Å². The molecule has 0 aliphatic heterocycles. The fourth-order valence-electron chi connectivity index (χ4n) is 0.354. The molecule has 3 heteroatoms. The summed E-state index contributed by atoms with van der Waals surface area (Å²) in [5, 5.41) is 10.5. The Kier molecular flexibility index (Phi) is 3.86. The van der Waals surface area contributed by atoms with Gasteiger partial charge in [0.1, 0.15) is 0 Å². The number of hydrogen-bond donors (Lipinski definition) is 2. The average Bonchev–Trinajstić information content (AvgIpc) is 1.84. The Balaban J connectivity index is 3.44. The monoisotopic (exact) mass is 149 g/mol. The van der Waals surface area contributed by atoms with Gasteiger partial charge in [0.15, 0.2) is 5.18 Å². The Morgan fingerprint density at radius 1 is 1.89 bits per heavy atom. The van der Waals surface area contributed by atoms with Crippen LogP contribution in [0.25, 0.3) is 0 Å². The smallest absolute Gasteiger partial charge is 0.193 e. The summed E-state index contributed by atoms with van der Waals surface area (Å²) in [7, 11) is 0. The van der Waals surface area contributed by atoms with Crippen LogP contribution in [0.15, 0.2) is 12.7 Å². The van der Waals surface area contributed by atoms with Crippen molar-refractivity contribution >= 4 is 11.6 Å². The second-order valence-corrected chi connectivity index (χ2v) is 2.41. The molecule has 2 N–H and O–H groups in total. The summed E-state index contributed by atoms with van der Waals surface area (Å²) in [5.41, 5.74) is 0. The molecule has 2 nitrogen and oxygen atoms in total. The molecule has 0 aliphatic carbocycles. The van der Waals surface area contributed by atoms with Crippen molar-refractivity contribution in [2.24, 2.45) is 0 Å². The summed E-state index contributed by atoms with van der Waals surface area (Å²) >= 11 is 5.50. The van der Waals surface area contributed by atoms with E-state index in [9.17, 15) is 0 Å². The van der Waals surface area contributed by atoms with E-state index in [0.29, 0.717) is 13.0 Å². The normalized spacial score (nSPS) is 16.8. The highest BCUT2D eigenvalue weighted by atomic mass is 35.5. The van der Waals surface area contributed by atoms with Crippen LogP contribution in [0.2, 0.25) is 0 Å². The molecule has 1 atom stereocenters. The Morgan fingerprint density at radius 2 is 2.44 bits per heavy atom. The predicted molar refractivity (Wildman–Crippen MR) is 39.3 cm³/mol. The first-order valence-electron chi connectivity index (χ1n) is 2.89. The highest BCUT2D eigenvalue weighted by Gasteiger charge is 2.17. The van der Waals surface area contributed by atoms with Crippen LogP contribution in [0.1, 0.15) is 13.3 Å². The molecule has 0 amide bonds. The first-order chi connectivity index (χ1) is 4.12. The summed E-state index contributed by atoms with van der Waals surface area (Å²) < 4.78 is 0. The van der Waals surface area contributed by atoms with Crippen molar-refractivity contribution < 1.29 is 5.11 Å². The number of halogens is 1. The van der Waals surface area contributed by atoms with E-state index in [1.54, 1.807) is 13.0 Å². The second-order valence-electron chi connectivity index (χ2n) is 1.78. The molecule has 0 radical (unpaired) electrons. The zero-order valence-electron chi connectivity index (χ0n) is 5.52. The maximum Gasteiger partial charge on any atom is 0.193 e. The molecule has 9 heavy (non-hydrogen) atoms. The van der Waals surface area contributed by atoms with E-state index in [4.69, 9.17) is 16.7 Å². The van der Waals surface area contributed by atoms with E-state index >= 15 is 0 Å². The predicted octanol–water partition coefficient (Wildman–Crippen LogP) is 1.06. The molecule has 0 saturated heterocycles. The molecule has 0 saturated carbocycles. The lowest BCUT2D eigenvalue weighted by molar-refractivity contribution is 0.0915. The maximum absolute atomic E-state index is 9.06.